The Morgan fingerprint density at radius 2 is 2.37 bits per heavy atom. The van der Waals surface area contributed by atoms with Crippen LogP contribution in [0.3, 0.4) is 0 Å². The topological polar surface area (TPSA) is 46.0 Å². The monoisotopic (exact) mass is 277 g/mol. The van der Waals surface area contributed by atoms with Gasteiger partial charge in [0.15, 0.2) is 0 Å². The fraction of sp³-hybridized carbons (Fsp3) is 0.538. The number of rotatable bonds is 5. The van der Waals surface area contributed by atoms with Crippen molar-refractivity contribution in [3.8, 4) is 0 Å². The molecule has 2 aromatic rings. The van der Waals surface area contributed by atoms with Gasteiger partial charge in [0, 0.05) is 37.6 Å². The average Bonchev–Trinajstić information content (AvgIpc) is 3.03. The Kier molecular flexibility index (Phi) is 3.91. The molecule has 19 heavy (non-hydrogen) atoms. The molecule has 0 fully saturated rings. The van der Waals surface area contributed by atoms with Crippen molar-refractivity contribution in [2.24, 2.45) is 0 Å². The highest BCUT2D eigenvalue weighted by Crippen LogP contribution is 2.14. The molecule has 0 unspecified atom stereocenters. The second-order valence-corrected chi connectivity index (χ2v) is 5.92. The van der Waals surface area contributed by atoms with Gasteiger partial charge in [-0.2, -0.15) is 0 Å². The van der Waals surface area contributed by atoms with E-state index in [1.807, 2.05) is 17.7 Å². The van der Waals surface area contributed by atoms with Crippen molar-refractivity contribution in [3.63, 3.8) is 0 Å². The Morgan fingerprint density at radius 1 is 1.42 bits per heavy atom. The van der Waals surface area contributed by atoms with Crippen molar-refractivity contribution >= 4 is 11.3 Å². The Balaban J connectivity index is 1.41. The maximum Gasteiger partial charge on any atom is 0.147 e. The summed E-state index contributed by atoms with van der Waals surface area (Å²) in [5, 5.41) is 13.8. The standard InChI is InChI=1S/C13H19N5S/c1-11-2-7-19-12(11)8-14-3-4-17-5-6-18-10-15-16-13(18)9-17/h2,7,10,14H,3-6,8-9H2,1H3. The molecule has 3 rings (SSSR count). The van der Waals surface area contributed by atoms with Crippen molar-refractivity contribution in [1.82, 2.24) is 25.0 Å². The number of thiophene rings is 1. The Morgan fingerprint density at radius 3 is 3.21 bits per heavy atom. The number of nitrogens with one attached hydrogen (secondary N) is 1. The molecule has 0 amide bonds. The van der Waals surface area contributed by atoms with Gasteiger partial charge in [0.05, 0.1) is 6.54 Å². The summed E-state index contributed by atoms with van der Waals surface area (Å²) in [6, 6.07) is 2.18. The van der Waals surface area contributed by atoms with Crippen LogP contribution in [0.25, 0.3) is 0 Å². The van der Waals surface area contributed by atoms with E-state index in [9.17, 15) is 0 Å². The van der Waals surface area contributed by atoms with Crippen molar-refractivity contribution in [3.05, 3.63) is 34.0 Å². The quantitative estimate of drug-likeness (QED) is 0.836. The third-order valence-electron chi connectivity index (χ3n) is 3.58. The van der Waals surface area contributed by atoms with Gasteiger partial charge in [-0.3, -0.25) is 4.90 Å². The van der Waals surface area contributed by atoms with Gasteiger partial charge in [-0.1, -0.05) is 0 Å². The van der Waals surface area contributed by atoms with Crippen LogP contribution in [0, 0.1) is 6.92 Å². The zero-order chi connectivity index (χ0) is 13.1. The summed E-state index contributed by atoms with van der Waals surface area (Å²) in [6.45, 7) is 8.25. The van der Waals surface area contributed by atoms with Crippen LogP contribution in [-0.2, 0) is 19.6 Å². The van der Waals surface area contributed by atoms with Crippen LogP contribution in [0.5, 0.6) is 0 Å². The Bertz CT molecular complexity index is 533. The first-order valence-corrected chi connectivity index (χ1v) is 7.53. The lowest BCUT2D eigenvalue weighted by Crippen LogP contribution is -2.38. The van der Waals surface area contributed by atoms with E-state index in [-0.39, 0.29) is 0 Å². The maximum atomic E-state index is 4.14. The van der Waals surface area contributed by atoms with Crippen LogP contribution in [0.1, 0.15) is 16.3 Å². The van der Waals surface area contributed by atoms with Gasteiger partial charge in [0.2, 0.25) is 0 Å². The van der Waals surface area contributed by atoms with E-state index in [0.717, 1.165) is 45.1 Å². The van der Waals surface area contributed by atoms with Crippen molar-refractivity contribution in [1.29, 1.82) is 0 Å². The SMILES string of the molecule is Cc1ccsc1CNCCN1CCn2cnnc2C1. The van der Waals surface area contributed by atoms with Gasteiger partial charge in [-0.05, 0) is 23.9 Å². The summed E-state index contributed by atoms with van der Waals surface area (Å²) in [4.78, 5) is 3.87. The van der Waals surface area contributed by atoms with Crippen molar-refractivity contribution < 1.29 is 0 Å². The fourth-order valence-electron chi connectivity index (χ4n) is 2.33. The van der Waals surface area contributed by atoms with E-state index in [1.165, 1.54) is 10.4 Å². The van der Waals surface area contributed by atoms with Gasteiger partial charge >= 0.3 is 0 Å². The number of fused-ring (bicyclic) bond motifs is 1. The summed E-state index contributed by atoms with van der Waals surface area (Å²) in [6.07, 6.45) is 1.82. The predicted molar refractivity (Wildman–Crippen MR) is 76.1 cm³/mol. The van der Waals surface area contributed by atoms with Gasteiger partial charge < -0.3 is 9.88 Å². The van der Waals surface area contributed by atoms with Gasteiger partial charge in [-0.15, -0.1) is 21.5 Å². The zero-order valence-electron chi connectivity index (χ0n) is 11.2. The number of aromatic nitrogens is 3. The highest BCUT2D eigenvalue weighted by atomic mass is 32.1. The molecule has 0 aromatic carbocycles. The minimum absolute atomic E-state index is 0.916. The first-order chi connectivity index (χ1) is 9.33. The fourth-order valence-corrected chi connectivity index (χ4v) is 3.21. The Hall–Kier alpha value is -1.24. The molecule has 6 heteroatoms. The second-order valence-electron chi connectivity index (χ2n) is 4.92. The van der Waals surface area contributed by atoms with Gasteiger partial charge in [0.1, 0.15) is 12.2 Å². The average molecular weight is 277 g/mol. The van der Waals surface area contributed by atoms with Crippen LogP contribution < -0.4 is 5.32 Å². The molecule has 3 heterocycles. The van der Waals surface area contributed by atoms with E-state index >= 15 is 0 Å². The van der Waals surface area contributed by atoms with E-state index in [1.54, 1.807) is 0 Å². The highest BCUT2D eigenvalue weighted by Gasteiger charge is 2.16. The molecule has 1 aliphatic heterocycles. The molecule has 0 aliphatic carbocycles. The largest absolute Gasteiger partial charge is 0.315 e. The number of hydrogen-bond donors (Lipinski definition) is 1. The van der Waals surface area contributed by atoms with E-state index in [4.69, 9.17) is 0 Å². The molecular formula is C13H19N5S. The molecule has 0 saturated carbocycles. The first kappa shape index (κ1) is 12.8. The zero-order valence-corrected chi connectivity index (χ0v) is 12.0. The smallest absolute Gasteiger partial charge is 0.147 e. The highest BCUT2D eigenvalue weighted by molar-refractivity contribution is 7.10. The van der Waals surface area contributed by atoms with Crippen LogP contribution in [0.15, 0.2) is 17.8 Å². The molecule has 5 nitrogen and oxygen atoms in total. The van der Waals surface area contributed by atoms with Gasteiger partial charge in [-0.25, -0.2) is 0 Å². The molecule has 102 valence electrons. The minimum Gasteiger partial charge on any atom is -0.315 e. The van der Waals surface area contributed by atoms with Crippen LogP contribution >= 0.6 is 11.3 Å². The molecule has 0 bridgehead atoms. The Labute approximate surface area is 117 Å². The predicted octanol–water partition coefficient (Wildman–Crippen LogP) is 1.25. The van der Waals surface area contributed by atoms with E-state index in [0.29, 0.717) is 0 Å². The summed E-state index contributed by atoms with van der Waals surface area (Å²) < 4.78 is 2.14. The van der Waals surface area contributed by atoms with E-state index < -0.39 is 0 Å². The molecule has 1 aliphatic rings. The lowest BCUT2D eigenvalue weighted by molar-refractivity contribution is 0.217. The molecular weight excluding hydrogens is 258 g/mol. The molecule has 0 atom stereocenters. The lowest BCUT2D eigenvalue weighted by Gasteiger charge is -2.26. The molecule has 1 N–H and O–H groups in total. The number of aryl methyl sites for hydroxylation is 1. The van der Waals surface area contributed by atoms with Crippen molar-refractivity contribution in [2.75, 3.05) is 19.6 Å². The van der Waals surface area contributed by atoms with Crippen molar-refractivity contribution in [2.45, 2.75) is 26.6 Å². The van der Waals surface area contributed by atoms with Crippen LogP contribution in [0.4, 0.5) is 0 Å². The number of hydrogen-bond acceptors (Lipinski definition) is 5. The van der Waals surface area contributed by atoms with Crippen LogP contribution in [0.2, 0.25) is 0 Å². The molecule has 0 saturated heterocycles. The molecule has 0 radical (unpaired) electrons. The van der Waals surface area contributed by atoms with Crippen LogP contribution in [-0.4, -0.2) is 39.3 Å². The summed E-state index contributed by atoms with van der Waals surface area (Å²) >= 11 is 1.83. The van der Waals surface area contributed by atoms with E-state index in [2.05, 4.69) is 43.4 Å². The molecule has 2 aromatic heterocycles. The summed E-state index contributed by atoms with van der Waals surface area (Å²) in [7, 11) is 0. The minimum atomic E-state index is 0.916. The third-order valence-corrected chi connectivity index (χ3v) is 4.60. The summed E-state index contributed by atoms with van der Waals surface area (Å²) in [5.41, 5.74) is 1.39. The normalized spacial score (nSPS) is 15.6. The maximum absolute atomic E-state index is 4.14. The summed E-state index contributed by atoms with van der Waals surface area (Å²) in [5.74, 6) is 1.08. The second kappa shape index (κ2) is 5.81. The third kappa shape index (κ3) is 3.02. The first-order valence-electron chi connectivity index (χ1n) is 6.65. The lowest BCUT2D eigenvalue weighted by atomic mass is 10.3. The van der Waals surface area contributed by atoms with Gasteiger partial charge in [0.25, 0.3) is 0 Å². The molecule has 0 spiro atoms. The number of nitrogens with zero attached hydrogens (tertiary/aromatic N) is 4.